The average molecular weight is 218 g/mol. The first kappa shape index (κ1) is 8.61. The highest BCUT2D eigenvalue weighted by atomic mass is 32.1. The number of aromatic amines is 1. The van der Waals surface area contributed by atoms with Gasteiger partial charge in [0.1, 0.15) is 5.65 Å². The maximum absolute atomic E-state index is 12.9. The van der Waals surface area contributed by atoms with Crippen LogP contribution in [0.4, 0.5) is 4.39 Å². The molecule has 2 nitrogen and oxygen atoms in total. The number of H-pyrrole nitrogens is 1. The molecule has 4 heteroatoms. The molecule has 0 aliphatic heterocycles. The smallest absolute Gasteiger partial charge is 0.214 e. The molecule has 3 aromatic rings. The molecule has 0 aliphatic carbocycles. The summed E-state index contributed by atoms with van der Waals surface area (Å²) in [5.74, 6) is -0.457. The molecule has 0 aliphatic rings. The third-order valence-corrected chi connectivity index (χ3v) is 3.02. The molecule has 0 saturated carbocycles. The van der Waals surface area contributed by atoms with Gasteiger partial charge >= 0.3 is 0 Å². The summed E-state index contributed by atoms with van der Waals surface area (Å²) in [4.78, 5) is 6.76. The fourth-order valence-corrected chi connectivity index (χ4v) is 2.29. The van der Waals surface area contributed by atoms with Crippen molar-refractivity contribution in [2.75, 3.05) is 0 Å². The number of hydrogen-bond donors (Lipinski definition) is 1. The molecule has 3 rings (SSSR count). The van der Waals surface area contributed by atoms with Crippen molar-refractivity contribution >= 4 is 22.4 Å². The minimum Gasteiger partial charge on any atom is -0.345 e. The maximum Gasteiger partial charge on any atom is 0.214 e. The summed E-state index contributed by atoms with van der Waals surface area (Å²) in [7, 11) is 0. The van der Waals surface area contributed by atoms with Crippen molar-refractivity contribution in [1.82, 2.24) is 9.97 Å². The van der Waals surface area contributed by atoms with Crippen molar-refractivity contribution in [3.8, 4) is 11.1 Å². The number of rotatable bonds is 1. The van der Waals surface area contributed by atoms with Crippen molar-refractivity contribution < 1.29 is 4.39 Å². The number of thiophene rings is 1. The van der Waals surface area contributed by atoms with E-state index in [-0.39, 0.29) is 0 Å². The zero-order valence-electron chi connectivity index (χ0n) is 7.70. The predicted molar refractivity (Wildman–Crippen MR) is 59.4 cm³/mol. The van der Waals surface area contributed by atoms with E-state index in [9.17, 15) is 4.39 Å². The van der Waals surface area contributed by atoms with E-state index in [1.807, 2.05) is 17.6 Å². The first-order valence-corrected chi connectivity index (χ1v) is 5.45. The Morgan fingerprint density at radius 3 is 3.00 bits per heavy atom. The molecule has 0 amide bonds. The van der Waals surface area contributed by atoms with Crippen molar-refractivity contribution in [3.63, 3.8) is 0 Å². The first-order valence-electron chi connectivity index (χ1n) is 4.51. The number of nitrogens with one attached hydrogen (secondary N) is 1. The lowest BCUT2D eigenvalue weighted by Gasteiger charge is -1.94. The second kappa shape index (κ2) is 3.17. The van der Waals surface area contributed by atoms with Crippen LogP contribution in [0.1, 0.15) is 0 Å². The molecule has 0 radical (unpaired) electrons. The lowest BCUT2D eigenvalue weighted by Crippen LogP contribution is -1.81. The van der Waals surface area contributed by atoms with E-state index in [1.165, 1.54) is 6.07 Å². The van der Waals surface area contributed by atoms with Gasteiger partial charge in [0, 0.05) is 17.1 Å². The van der Waals surface area contributed by atoms with E-state index in [0.717, 1.165) is 16.5 Å². The normalized spacial score (nSPS) is 11.0. The van der Waals surface area contributed by atoms with Crippen LogP contribution < -0.4 is 0 Å². The van der Waals surface area contributed by atoms with Crippen LogP contribution in [-0.4, -0.2) is 9.97 Å². The molecule has 15 heavy (non-hydrogen) atoms. The molecular formula is C11H7FN2S. The second-order valence-electron chi connectivity index (χ2n) is 3.24. The minimum absolute atomic E-state index is 0.457. The van der Waals surface area contributed by atoms with Gasteiger partial charge in [-0.1, -0.05) is 0 Å². The monoisotopic (exact) mass is 218 g/mol. The molecule has 3 heterocycles. The number of pyridine rings is 1. The Morgan fingerprint density at radius 2 is 2.20 bits per heavy atom. The summed E-state index contributed by atoms with van der Waals surface area (Å²) < 4.78 is 12.9. The van der Waals surface area contributed by atoms with Crippen LogP contribution in [0, 0.1) is 5.95 Å². The van der Waals surface area contributed by atoms with Crippen LogP contribution in [0.15, 0.2) is 35.2 Å². The largest absolute Gasteiger partial charge is 0.345 e. The van der Waals surface area contributed by atoms with E-state index < -0.39 is 5.95 Å². The lowest BCUT2D eigenvalue weighted by molar-refractivity contribution is 0.588. The molecule has 0 aromatic carbocycles. The van der Waals surface area contributed by atoms with Crippen molar-refractivity contribution in [2.45, 2.75) is 0 Å². The molecule has 3 aromatic heterocycles. The fourth-order valence-electron chi connectivity index (χ4n) is 1.64. The molecule has 0 fully saturated rings. The summed E-state index contributed by atoms with van der Waals surface area (Å²) in [6.45, 7) is 0. The highest BCUT2D eigenvalue weighted by molar-refractivity contribution is 7.08. The van der Waals surface area contributed by atoms with Crippen LogP contribution in [0.5, 0.6) is 0 Å². The SMILES string of the molecule is Fc1ccc2c(-c3ccsc3)c[nH]c2n1. The van der Waals surface area contributed by atoms with Gasteiger partial charge in [-0.2, -0.15) is 15.7 Å². The van der Waals surface area contributed by atoms with Gasteiger partial charge in [-0.05, 0) is 34.5 Å². The van der Waals surface area contributed by atoms with Crippen molar-refractivity contribution in [2.24, 2.45) is 0 Å². The Hall–Kier alpha value is -1.68. The number of hydrogen-bond acceptors (Lipinski definition) is 2. The van der Waals surface area contributed by atoms with Gasteiger partial charge in [-0.3, -0.25) is 0 Å². The molecule has 0 unspecified atom stereocenters. The van der Waals surface area contributed by atoms with Crippen molar-refractivity contribution in [1.29, 1.82) is 0 Å². The Kier molecular flexibility index (Phi) is 1.82. The minimum atomic E-state index is -0.457. The molecule has 0 atom stereocenters. The van der Waals surface area contributed by atoms with Crippen LogP contribution >= 0.6 is 11.3 Å². The number of fused-ring (bicyclic) bond motifs is 1. The van der Waals surface area contributed by atoms with Crippen LogP contribution in [-0.2, 0) is 0 Å². The number of halogens is 1. The molecule has 0 saturated heterocycles. The first-order chi connectivity index (χ1) is 7.34. The van der Waals surface area contributed by atoms with Gasteiger partial charge in [-0.15, -0.1) is 0 Å². The van der Waals surface area contributed by atoms with Gasteiger partial charge in [-0.25, -0.2) is 4.98 Å². The van der Waals surface area contributed by atoms with Crippen LogP contribution in [0.2, 0.25) is 0 Å². The summed E-state index contributed by atoms with van der Waals surface area (Å²) in [6, 6.07) is 5.17. The zero-order chi connectivity index (χ0) is 10.3. The fraction of sp³-hybridized carbons (Fsp3) is 0. The lowest BCUT2D eigenvalue weighted by atomic mass is 10.1. The van der Waals surface area contributed by atoms with Crippen LogP contribution in [0.25, 0.3) is 22.2 Å². The Morgan fingerprint density at radius 1 is 1.27 bits per heavy atom. The van der Waals surface area contributed by atoms with Crippen LogP contribution in [0.3, 0.4) is 0 Å². The van der Waals surface area contributed by atoms with Gasteiger partial charge in [0.25, 0.3) is 0 Å². The predicted octanol–water partition coefficient (Wildman–Crippen LogP) is 3.43. The topological polar surface area (TPSA) is 28.7 Å². The van der Waals surface area contributed by atoms with Gasteiger partial charge in [0.2, 0.25) is 5.95 Å². The number of nitrogens with zero attached hydrogens (tertiary/aromatic N) is 1. The standard InChI is InChI=1S/C11H7FN2S/c12-10-2-1-8-9(5-13-11(8)14-10)7-3-4-15-6-7/h1-6H,(H,13,14). The third-order valence-electron chi connectivity index (χ3n) is 2.34. The molecule has 0 spiro atoms. The van der Waals surface area contributed by atoms with Gasteiger partial charge < -0.3 is 4.98 Å². The Balaban J connectivity index is 2.29. The van der Waals surface area contributed by atoms with E-state index in [2.05, 4.69) is 15.3 Å². The van der Waals surface area contributed by atoms with E-state index in [4.69, 9.17) is 0 Å². The summed E-state index contributed by atoms with van der Waals surface area (Å²) >= 11 is 1.64. The maximum atomic E-state index is 12.9. The molecule has 1 N–H and O–H groups in total. The zero-order valence-corrected chi connectivity index (χ0v) is 8.51. The van der Waals surface area contributed by atoms with Crippen molar-refractivity contribution in [3.05, 3.63) is 41.1 Å². The van der Waals surface area contributed by atoms with Gasteiger partial charge in [0.05, 0.1) is 0 Å². The third kappa shape index (κ3) is 1.34. The number of aromatic nitrogens is 2. The Labute approximate surface area is 89.4 Å². The second-order valence-corrected chi connectivity index (χ2v) is 4.02. The highest BCUT2D eigenvalue weighted by Gasteiger charge is 2.07. The Bertz CT molecular complexity index is 598. The molecule has 74 valence electrons. The summed E-state index contributed by atoms with van der Waals surface area (Å²) in [5, 5.41) is 5.03. The van der Waals surface area contributed by atoms with E-state index >= 15 is 0 Å². The highest BCUT2D eigenvalue weighted by Crippen LogP contribution is 2.29. The summed E-state index contributed by atoms with van der Waals surface area (Å²) in [5.41, 5.74) is 2.80. The summed E-state index contributed by atoms with van der Waals surface area (Å²) in [6.07, 6.45) is 1.86. The van der Waals surface area contributed by atoms with E-state index in [0.29, 0.717) is 5.65 Å². The van der Waals surface area contributed by atoms with Gasteiger partial charge in [0.15, 0.2) is 0 Å². The molecule has 0 bridgehead atoms. The van der Waals surface area contributed by atoms with E-state index in [1.54, 1.807) is 17.4 Å². The quantitative estimate of drug-likeness (QED) is 0.623. The molecular weight excluding hydrogens is 211 g/mol. The average Bonchev–Trinajstić information content (AvgIpc) is 2.82.